The molecule has 2 saturated carbocycles. The number of aliphatic hydroxyl groups is 1. The number of H-pyrrole nitrogens is 1. The van der Waals surface area contributed by atoms with E-state index in [4.69, 9.17) is 23.2 Å². The minimum Gasteiger partial charge on any atom is -0.385 e. The predicted octanol–water partition coefficient (Wildman–Crippen LogP) is 3.90. The highest BCUT2D eigenvalue weighted by molar-refractivity contribution is 6.31. The second-order valence-electron chi connectivity index (χ2n) is 7.56. The van der Waals surface area contributed by atoms with Crippen molar-refractivity contribution in [1.29, 1.82) is 0 Å². The van der Waals surface area contributed by atoms with Crippen molar-refractivity contribution in [3.8, 4) is 0 Å². The summed E-state index contributed by atoms with van der Waals surface area (Å²) in [6.45, 7) is 0. The molecule has 1 amide bonds. The Labute approximate surface area is 165 Å². The number of fused-ring (bicyclic) bond motifs is 2. The predicted molar refractivity (Wildman–Crippen MR) is 104 cm³/mol. The van der Waals surface area contributed by atoms with Crippen LogP contribution in [0.1, 0.15) is 28.8 Å². The van der Waals surface area contributed by atoms with Crippen LogP contribution >= 0.6 is 23.2 Å². The van der Waals surface area contributed by atoms with Gasteiger partial charge in [-0.2, -0.15) is 5.10 Å². The summed E-state index contributed by atoms with van der Waals surface area (Å²) in [7, 11) is 0. The van der Waals surface area contributed by atoms with Gasteiger partial charge in [-0.05, 0) is 60.6 Å². The molecular formula is C20H17Cl2N3O2. The average Bonchev–Trinajstić information content (AvgIpc) is 3.01. The molecule has 3 N–H and O–H groups in total. The normalized spacial score (nSPS) is 28.9. The fourth-order valence-electron chi connectivity index (χ4n) is 4.56. The molecule has 5 rings (SSSR count). The van der Waals surface area contributed by atoms with E-state index < -0.39 is 5.60 Å². The number of nitrogens with zero attached hydrogens (tertiary/aromatic N) is 1. The SMILES string of the molecule is O=C(N[C@@H]1[C@@H]2C[C@@](O)(c3cc(Cl)cc4[nH]ncc34)C[C@@H]21)c1cccc(Cl)c1. The van der Waals surface area contributed by atoms with Crippen molar-refractivity contribution >= 4 is 40.0 Å². The standard InChI is InChI=1S/C20H17Cl2N3O2/c21-11-3-1-2-10(4-11)19(26)24-18-13-7-20(27,8-14(13)18)16-5-12(22)6-17-15(16)9-23-25-17/h1-6,9,13-14,18,27H,7-8H2,(H,23,25)(H,24,26)/t13-,14+,18-,20+. The number of rotatable bonds is 3. The first-order valence-corrected chi connectivity index (χ1v) is 9.62. The topological polar surface area (TPSA) is 78.0 Å². The molecule has 2 aliphatic carbocycles. The third kappa shape index (κ3) is 2.81. The molecule has 3 aromatic rings. The Morgan fingerprint density at radius 3 is 2.70 bits per heavy atom. The van der Waals surface area contributed by atoms with E-state index in [1.165, 1.54) is 0 Å². The van der Waals surface area contributed by atoms with Gasteiger partial charge in [-0.15, -0.1) is 0 Å². The second kappa shape index (κ2) is 5.96. The van der Waals surface area contributed by atoms with Crippen LogP contribution in [0.2, 0.25) is 10.0 Å². The molecular weight excluding hydrogens is 385 g/mol. The molecule has 1 heterocycles. The van der Waals surface area contributed by atoms with Gasteiger partial charge >= 0.3 is 0 Å². The van der Waals surface area contributed by atoms with Crippen molar-refractivity contribution in [3.05, 3.63) is 63.8 Å². The van der Waals surface area contributed by atoms with Crippen LogP contribution in [0.3, 0.4) is 0 Å². The van der Waals surface area contributed by atoms with E-state index in [0.29, 0.717) is 28.5 Å². The number of carbonyl (C=O) groups is 1. The van der Waals surface area contributed by atoms with E-state index >= 15 is 0 Å². The monoisotopic (exact) mass is 401 g/mol. The van der Waals surface area contributed by atoms with Crippen LogP contribution in [-0.2, 0) is 5.60 Å². The molecule has 0 radical (unpaired) electrons. The van der Waals surface area contributed by atoms with Gasteiger partial charge in [-0.1, -0.05) is 29.3 Å². The summed E-state index contributed by atoms with van der Waals surface area (Å²) in [4.78, 5) is 12.4. The second-order valence-corrected chi connectivity index (χ2v) is 8.43. The molecule has 0 spiro atoms. The molecule has 0 aliphatic heterocycles. The van der Waals surface area contributed by atoms with E-state index in [1.54, 1.807) is 36.5 Å². The molecule has 5 nitrogen and oxygen atoms in total. The van der Waals surface area contributed by atoms with Gasteiger partial charge < -0.3 is 10.4 Å². The van der Waals surface area contributed by atoms with E-state index in [0.717, 1.165) is 16.5 Å². The van der Waals surface area contributed by atoms with Gasteiger partial charge in [0.1, 0.15) is 0 Å². The van der Waals surface area contributed by atoms with Gasteiger partial charge in [-0.25, -0.2) is 0 Å². The lowest BCUT2D eigenvalue weighted by Gasteiger charge is -2.27. The van der Waals surface area contributed by atoms with Crippen molar-refractivity contribution in [2.24, 2.45) is 11.8 Å². The van der Waals surface area contributed by atoms with Crippen molar-refractivity contribution in [2.45, 2.75) is 24.5 Å². The van der Waals surface area contributed by atoms with E-state index in [2.05, 4.69) is 15.5 Å². The third-order valence-corrected chi connectivity index (χ3v) is 6.34. The summed E-state index contributed by atoms with van der Waals surface area (Å²) in [5, 5.41) is 23.3. The van der Waals surface area contributed by atoms with Crippen LogP contribution < -0.4 is 5.32 Å². The van der Waals surface area contributed by atoms with Crippen LogP contribution in [-0.4, -0.2) is 27.3 Å². The number of hydrogen-bond acceptors (Lipinski definition) is 3. The highest BCUT2D eigenvalue weighted by Crippen LogP contribution is 2.60. The zero-order chi connectivity index (χ0) is 18.8. The summed E-state index contributed by atoms with van der Waals surface area (Å²) >= 11 is 12.2. The summed E-state index contributed by atoms with van der Waals surface area (Å²) in [5.74, 6) is 0.401. The van der Waals surface area contributed by atoms with Crippen molar-refractivity contribution in [1.82, 2.24) is 15.5 Å². The first-order valence-electron chi connectivity index (χ1n) is 8.86. The van der Waals surface area contributed by atoms with Gasteiger partial charge in [0.25, 0.3) is 5.91 Å². The lowest BCUT2D eigenvalue weighted by atomic mass is 9.86. The number of aromatic nitrogens is 2. The average molecular weight is 402 g/mol. The van der Waals surface area contributed by atoms with Crippen LogP contribution in [0.15, 0.2) is 42.6 Å². The Balaban J connectivity index is 1.33. The first kappa shape index (κ1) is 17.0. The van der Waals surface area contributed by atoms with Crippen molar-refractivity contribution in [3.63, 3.8) is 0 Å². The molecule has 7 heteroatoms. The smallest absolute Gasteiger partial charge is 0.251 e. The summed E-state index contributed by atoms with van der Waals surface area (Å²) < 4.78 is 0. The van der Waals surface area contributed by atoms with Gasteiger partial charge in [-0.3, -0.25) is 9.89 Å². The number of aromatic amines is 1. The summed E-state index contributed by atoms with van der Waals surface area (Å²) in [6.07, 6.45) is 2.92. The van der Waals surface area contributed by atoms with Gasteiger partial charge in [0, 0.05) is 27.0 Å². The lowest BCUT2D eigenvalue weighted by Crippen LogP contribution is -2.33. The van der Waals surface area contributed by atoms with Crippen LogP contribution in [0, 0.1) is 11.8 Å². The molecule has 2 aromatic carbocycles. The molecule has 2 fully saturated rings. The molecule has 0 unspecified atom stereocenters. The number of carbonyl (C=O) groups excluding carboxylic acids is 1. The summed E-state index contributed by atoms with van der Waals surface area (Å²) in [6, 6.07) is 10.6. The number of halogens is 2. The van der Waals surface area contributed by atoms with E-state index in [-0.39, 0.29) is 23.8 Å². The molecule has 27 heavy (non-hydrogen) atoms. The number of hydrogen-bond donors (Lipinski definition) is 3. The zero-order valence-corrected chi connectivity index (χ0v) is 15.8. The first-order chi connectivity index (χ1) is 12.9. The molecule has 2 aliphatic rings. The number of benzene rings is 2. The number of nitrogens with one attached hydrogen (secondary N) is 2. The largest absolute Gasteiger partial charge is 0.385 e. The maximum Gasteiger partial charge on any atom is 0.251 e. The Morgan fingerprint density at radius 2 is 1.96 bits per heavy atom. The highest BCUT2D eigenvalue weighted by atomic mass is 35.5. The van der Waals surface area contributed by atoms with Gasteiger partial charge in [0.05, 0.1) is 17.3 Å². The molecule has 1 aromatic heterocycles. The van der Waals surface area contributed by atoms with Gasteiger partial charge in [0.2, 0.25) is 0 Å². The maximum atomic E-state index is 12.4. The Kier molecular flexibility index (Phi) is 3.76. The Hall–Kier alpha value is -2.08. The fraction of sp³-hybridized carbons (Fsp3) is 0.300. The minimum absolute atomic E-state index is 0.0933. The lowest BCUT2D eigenvalue weighted by molar-refractivity contribution is 0.0293. The molecule has 0 saturated heterocycles. The van der Waals surface area contributed by atoms with Crippen LogP contribution in [0.5, 0.6) is 0 Å². The Bertz CT molecular complexity index is 1050. The van der Waals surface area contributed by atoms with E-state index in [1.807, 2.05) is 6.07 Å². The fourth-order valence-corrected chi connectivity index (χ4v) is 4.97. The maximum absolute atomic E-state index is 12.4. The minimum atomic E-state index is -0.945. The molecule has 0 bridgehead atoms. The Morgan fingerprint density at radius 1 is 1.19 bits per heavy atom. The van der Waals surface area contributed by atoms with E-state index in [9.17, 15) is 9.90 Å². The zero-order valence-electron chi connectivity index (χ0n) is 14.2. The quantitative estimate of drug-likeness (QED) is 0.622. The third-order valence-electron chi connectivity index (χ3n) is 5.89. The van der Waals surface area contributed by atoms with Gasteiger partial charge in [0.15, 0.2) is 0 Å². The van der Waals surface area contributed by atoms with Crippen LogP contribution in [0.25, 0.3) is 10.9 Å². The number of amides is 1. The van der Waals surface area contributed by atoms with Crippen molar-refractivity contribution < 1.29 is 9.90 Å². The highest BCUT2D eigenvalue weighted by Gasteiger charge is 2.62. The molecule has 4 atom stereocenters. The van der Waals surface area contributed by atoms with Crippen molar-refractivity contribution in [2.75, 3.05) is 0 Å². The van der Waals surface area contributed by atoms with Crippen LogP contribution in [0.4, 0.5) is 0 Å². The summed E-state index contributed by atoms with van der Waals surface area (Å²) in [5.41, 5.74) is 1.24. The molecule has 138 valence electrons.